The van der Waals surface area contributed by atoms with Gasteiger partial charge >= 0.3 is 11.9 Å². The van der Waals surface area contributed by atoms with Gasteiger partial charge in [-0.25, -0.2) is 9.59 Å². The minimum atomic E-state index is -1.34. The Morgan fingerprint density at radius 2 is 1.17 bits per heavy atom. The Labute approximate surface area is 211 Å². The fraction of sp³-hybridized carbons (Fsp3) is 0.586. The Kier molecular flexibility index (Phi) is 4.55. The second-order valence-corrected chi connectivity index (χ2v) is 12.5. The number of fused-ring (bicyclic) bond motifs is 12. The van der Waals surface area contributed by atoms with Gasteiger partial charge < -0.3 is 23.7 Å². The van der Waals surface area contributed by atoms with Crippen molar-refractivity contribution in [3.8, 4) is 11.5 Å². The van der Waals surface area contributed by atoms with Crippen LogP contribution in [0.2, 0.25) is 0 Å². The number of hydrogen-bond acceptors (Lipinski definition) is 7. The molecule has 1 saturated heterocycles. The molecule has 36 heavy (non-hydrogen) atoms. The zero-order valence-electron chi connectivity index (χ0n) is 22.2. The van der Waals surface area contributed by atoms with Crippen LogP contribution in [0.3, 0.4) is 0 Å². The molecule has 1 heterocycles. The average Bonchev–Trinajstić information content (AvgIpc) is 3.00. The number of methoxy groups -OCH3 is 2. The molecule has 4 aliphatic rings. The van der Waals surface area contributed by atoms with Gasteiger partial charge in [0, 0.05) is 33.7 Å². The zero-order valence-corrected chi connectivity index (χ0v) is 22.2. The molecule has 192 valence electrons. The maximum atomic E-state index is 13.7. The molecule has 7 heteroatoms. The molecule has 2 saturated carbocycles. The lowest BCUT2D eigenvalue weighted by Crippen LogP contribution is -2.65. The molecule has 6 atom stereocenters. The van der Waals surface area contributed by atoms with E-state index in [0.29, 0.717) is 0 Å². The van der Waals surface area contributed by atoms with Crippen LogP contribution in [0.4, 0.5) is 0 Å². The van der Waals surface area contributed by atoms with Crippen molar-refractivity contribution in [2.75, 3.05) is 14.2 Å². The lowest BCUT2D eigenvalue weighted by Gasteiger charge is -2.47. The Hall–Kier alpha value is -2.80. The highest BCUT2D eigenvalue weighted by molar-refractivity contribution is 6.04. The van der Waals surface area contributed by atoms with Gasteiger partial charge in [-0.05, 0) is 59.8 Å². The van der Waals surface area contributed by atoms with E-state index in [4.69, 9.17) is 23.7 Å². The Morgan fingerprint density at radius 3 is 1.50 bits per heavy atom. The first-order valence-electron chi connectivity index (χ1n) is 12.7. The summed E-state index contributed by atoms with van der Waals surface area (Å²) in [5, 5.41) is 1.95. The number of carbonyl (C=O) groups is 2. The quantitative estimate of drug-likeness (QED) is 0.340. The van der Waals surface area contributed by atoms with Gasteiger partial charge in [0.1, 0.15) is 22.7 Å². The van der Waals surface area contributed by atoms with Crippen molar-refractivity contribution in [3.05, 3.63) is 35.4 Å². The fourth-order valence-corrected chi connectivity index (χ4v) is 7.45. The summed E-state index contributed by atoms with van der Waals surface area (Å²) >= 11 is 0. The van der Waals surface area contributed by atoms with Crippen molar-refractivity contribution in [1.82, 2.24) is 0 Å². The van der Waals surface area contributed by atoms with E-state index < -0.39 is 34.3 Å². The van der Waals surface area contributed by atoms with Gasteiger partial charge in [-0.15, -0.1) is 0 Å². The van der Waals surface area contributed by atoms with Crippen molar-refractivity contribution < 1.29 is 33.3 Å². The van der Waals surface area contributed by atoms with Crippen molar-refractivity contribution in [2.24, 2.45) is 11.8 Å². The second-order valence-electron chi connectivity index (χ2n) is 12.5. The maximum Gasteiger partial charge on any atom is 0.343 e. The highest BCUT2D eigenvalue weighted by atomic mass is 16.7. The number of epoxide rings is 1. The predicted octanol–water partition coefficient (Wildman–Crippen LogP) is 4.88. The highest BCUT2D eigenvalue weighted by Crippen LogP contribution is 2.85. The van der Waals surface area contributed by atoms with Crippen LogP contribution in [-0.4, -0.2) is 48.6 Å². The van der Waals surface area contributed by atoms with Gasteiger partial charge in [0.05, 0.1) is 14.2 Å². The molecule has 0 amide bonds. The van der Waals surface area contributed by atoms with Crippen LogP contribution < -0.4 is 9.47 Å². The third kappa shape index (κ3) is 2.67. The van der Waals surface area contributed by atoms with Gasteiger partial charge in [-0.2, -0.15) is 0 Å². The number of ether oxygens (including phenoxy) is 5. The number of rotatable bonds is 4. The normalized spacial score (nSPS) is 33.2. The summed E-state index contributed by atoms with van der Waals surface area (Å²) in [6, 6.07) is 8.03. The lowest BCUT2D eigenvalue weighted by molar-refractivity contribution is -0.177. The molecule has 0 N–H and O–H groups in total. The van der Waals surface area contributed by atoms with E-state index in [1.165, 1.54) is 0 Å². The third-order valence-corrected chi connectivity index (χ3v) is 8.28. The van der Waals surface area contributed by atoms with E-state index in [1.54, 1.807) is 14.2 Å². The van der Waals surface area contributed by atoms with E-state index in [0.717, 1.165) is 39.8 Å². The van der Waals surface area contributed by atoms with E-state index >= 15 is 0 Å². The van der Waals surface area contributed by atoms with Gasteiger partial charge in [-0.1, -0.05) is 24.3 Å². The first-order valence-corrected chi connectivity index (χ1v) is 12.7. The molecule has 0 radical (unpaired) electrons. The minimum absolute atomic E-state index is 0.0194. The van der Waals surface area contributed by atoms with E-state index in [1.807, 2.05) is 65.8 Å². The highest BCUT2D eigenvalue weighted by Gasteiger charge is 3.00. The topological polar surface area (TPSA) is 83.6 Å². The number of hydrogen-bond donors (Lipinski definition) is 0. The molecule has 2 aromatic carbocycles. The van der Waals surface area contributed by atoms with E-state index in [2.05, 4.69) is 0 Å². The predicted molar refractivity (Wildman–Crippen MR) is 132 cm³/mol. The molecular weight excluding hydrogens is 460 g/mol. The van der Waals surface area contributed by atoms with Gasteiger partial charge in [0.15, 0.2) is 0 Å². The van der Waals surface area contributed by atoms with Gasteiger partial charge in [0.25, 0.3) is 0 Å². The third-order valence-electron chi connectivity index (χ3n) is 8.28. The van der Waals surface area contributed by atoms with Crippen LogP contribution in [0.25, 0.3) is 10.8 Å². The zero-order chi connectivity index (χ0) is 26.0. The smallest absolute Gasteiger partial charge is 0.343 e. The minimum Gasteiger partial charge on any atom is -0.496 e. The van der Waals surface area contributed by atoms with Crippen LogP contribution in [0, 0.1) is 11.8 Å². The Balaban J connectivity index is 1.53. The molecule has 3 aliphatic carbocycles. The summed E-state index contributed by atoms with van der Waals surface area (Å²) in [5.41, 5.74) is -1.97. The summed E-state index contributed by atoms with van der Waals surface area (Å²) < 4.78 is 30.0. The summed E-state index contributed by atoms with van der Waals surface area (Å²) in [6.07, 6.45) is 0.798. The van der Waals surface area contributed by atoms with Crippen LogP contribution >= 0.6 is 0 Å². The molecule has 2 aromatic rings. The van der Waals surface area contributed by atoms with Gasteiger partial charge in [0.2, 0.25) is 11.2 Å². The van der Waals surface area contributed by atoms with Crippen molar-refractivity contribution in [3.63, 3.8) is 0 Å². The molecular formula is C29H34O7. The number of benzene rings is 2. The SMILES string of the molecule is COc1c2c(c(OC)c3ccccc13)[C@@H]1C[C@H]2[C@@H]2[C@H]1[C@@]1(C(=O)OC(C)(C)C)O[C@@]21C(=O)OC(C)(C)C. The summed E-state index contributed by atoms with van der Waals surface area (Å²) in [6.45, 7) is 10.9. The number of esters is 2. The molecule has 1 aliphatic heterocycles. The molecule has 0 unspecified atom stereocenters. The van der Waals surface area contributed by atoms with Crippen LogP contribution in [-0.2, 0) is 23.8 Å². The van der Waals surface area contributed by atoms with Crippen molar-refractivity contribution >= 4 is 22.7 Å². The standard InChI is InChI=1S/C29H34O7/c1-26(2,3)34-24(30)28-20-16-13-17(21(20)29(28,36-28)25(31)35-27(4,5)6)19-18(16)22(32-7)14-11-9-10-12-15(14)23(19)33-8/h9-12,16-17,20-21H,13H2,1-8H3/t16-,17+,20-,21+,28-,29+. The molecule has 2 bridgehead atoms. The molecule has 7 nitrogen and oxygen atoms in total. The van der Waals surface area contributed by atoms with Crippen molar-refractivity contribution in [1.29, 1.82) is 0 Å². The first kappa shape index (κ1) is 23.6. The van der Waals surface area contributed by atoms with Crippen LogP contribution in [0.15, 0.2) is 24.3 Å². The lowest BCUT2D eigenvalue weighted by atomic mass is 9.50. The largest absolute Gasteiger partial charge is 0.496 e. The summed E-state index contributed by atoms with van der Waals surface area (Å²) in [7, 11) is 3.36. The van der Waals surface area contributed by atoms with Crippen LogP contribution in [0.5, 0.6) is 11.5 Å². The maximum absolute atomic E-state index is 13.7. The Bertz CT molecular complexity index is 1220. The number of carbonyl (C=O) groups excluding carboxylic acids is 2. The van der Waals surface area contributed by atoms with Crippen LogP contribution in [0.1, 0.15) is 70.9 Å². The second kappa shape index (κ2) is 6.94. The summed E-state index contributed by atoms with van der Waals surface area (Å²) in [5.74, 6) is 0.215. The molecule has 0 aromatic heterocycles. The summed E-state index contributed by atoms with van der Waals surface area (Å²) in [4.78, 5) is 27.4. The molecule has 0 spiro atoms. The molecule has 6 rings (SSSR count). The average molecular weight is 495 g/mol. The Morgan fingerprint density at radius 1 is 0.778 bits per heavy atom. The van der Waals surface area contributed by atoms with E-state index in [9.17, 15) is 9.59 Å². The van der Waals surface area contributed by atoms with E-state index in [-0.39, 0.29) is 23.7 Å². The first-order chi connectivity index (χ1) is 16.8. The fourth-order valence-electron chi connectivity index (χ4n) is 7.45. The van der Waals surface area contributed by atoms with Gasteiger partial charge in [-0.3, -0.25) is 0 Å². The monoisotopic (exact) mass is 494 g/mol. The molecule has 3 fully saturated rings. The van der Waals surface area contributed by atoms with Crippen molar-refractivity contribution in [2.45, 2.75) is 82.2 Å².